The van der Waals surface area contributed by atoms with Crippen LogP contribution in [0.1, 0.15) is 0 Å². The van der Waals surface area contributed by atoms with Crippen LogP contribution in [-0.2, 0) is 23.5 Å². The van der Waals surface area contributed by atoms with Gasteiger partial charge < -0.3 is 13.3 Å². The molecule has 6 nitrogen and oxygen atoms in total. The van der Waals surface area contributed by atoms with Gasteiger partial charge in [-0.25, -0.2) is 4.79 Å². The Morgan fingerprint density at radius 3 is 2.36 bits per heavy atom. The highest BCUT2D eigenvalue weighted by molar-refractivity contribution is 7.88. The summed E-state index contributed by atoms with van der Waals surface area (Å²) in [5.74, 6) is 0. The molecule has 1 saturated heterocycles. The van der Waals surface area contributed by atoms with E-state index >= 15 is 0 Å². The molecule has 1 aliphatic rings. The Hall–Kier alpha value is -0.603. The zero-order chi connectivity index (χ0) is 11.0. The Morgan fingerprint density at radius 2 is 2.00 bits per heavy atom. The van der Waals surface area contributed by atoms with Crippen LogP contribution in [-0.4, -0.2) is 34.9 Å². The lowest BCUT2D eigenvalue weighted by Gasteiger charge is -2.18. The van der Waals surface area contributed by atoms with Crippen molar-refractivity contribution in [3.05, 3.63) is 0 Å². The lowest BCUT2D eigenvalue weighted by atomic mass is 10.8. The molecule has 1 heterocycles. The van der Waals surface area contributed by atoms with Gasteiger partial charge in [-0.3, -0.25) is 0 Å². The zero-order valence-corrected chi connectivity index (χ0v) is 9.96. The Morgan fingerprint density at radius 1 is 1.43 bits per heavy atom. The summed E-state index contributed by atoms with van der Waals surface area (Å²) in [6, 6.07) is 0. The number of hydrogen-bond acceptors (Lipinski definition) is 6. The first kappa shape index (κ1) is 11.5. The summed E-state index contributed by atoms with van der Waals surface area (Å²) in [6.45, 7) is 4.87. The van der Waals surface area contributed by atoms with Gasteiger partial charge in [0.2, 0.25) is 8.32 Å². The molecule has 0 aromatic rings. The van der Waals surface area contributed by atoms with Crippen LogP contribution in [0, 0.1) is 0 Å². The molecule has 0 aliphatic carbocycles. The molecule has 1 fully saturated rings. The Balaban J connectivity index is 2.72. The van der Waals surface area contributed by atoms with Crippen LogP contribution < -0.4 is 0 Å². The first-order chi connectivity index (χ1) is 6.21. The molecule has 1 rings (SSSR count). The maximum Gasteiger partial charge on any atom is 0.509 e. The monoisotopic (exact) mass is 240 g/mol. The van der Waals surface area contributed by atoms with Crippen LogP contribution in [0.2, 0.25) is 19.6 Å². The molecule has 0 bridgehead atoms. The third-order valence-corrected chi connectivity index (χ3v) is 5.06. The van der Waals surface area contributed by atoms with E-state index in [1.165, 1.54) is 0 Å². The van der Waals surface area contributed by atoms with Gasteiger partial charge in [-0.15, -0.1) is 0 Å². The molecule has 0 N–H and O–H groups in total. The van der Waals surface area contributed by atoms with Gasteiger partial charge >= 0.3 is 6.16 Å². The molecule has 8 heteroatoms. The van der Waals surface area contributed by atoms with Crippen molar-refractivity contribution in [3.63, 3.8) is 0 Å². The standard InChI is InChI=1S/C6H12O6SSi/c1-14(2,3)12-13(8,9)5-4-10-6(7)11-5/h5H,4H2,1-3H3. The van der Waals surface area contributed by atoms with Crippen LogP contribution in [0.3, 0.4) is 0 Å². The molecule has 0 amide bonds. The summed E-state index contributed by atoms with van der Waals surface area (Å²) < 4.78 is 36.6. The van der Waals surface area contributed by atoms with Crippen molar-refractivity contribution in [2.75, 3.05) is 6.61 Å². The highest BCUT2D eigenvalue weighted by Gasteiger charge is 2.40. The third kappa shape index (κ3) is 2.96. The number of hydrogen-bond donors (Lipinski definition) is 0. The molecule has 0 spiro atoms. The maximum absolute atomic E-state index is 11.4. The molecule has 82 valence electrons. The van der Waals surface area contributed by atoms with Gasteiger partial charge in [0.1, 0.15) is 6.61 Å². The fourth-order valence-electron chi connectivity index (χ4n) is 0.856. The maximum atomic E-state index is 11.4. The van der Waals surface area contributed by atoms with E-state index in [4.69, 9.17) is 3.87 Å². The second-order valence-electron chi connectivity index (χ2n) is 3.80. The quantitative estimate of drug-likeness (QED) is 0.532. The second-order valence-corrected chi connectivity index (χ2v) is 10.2. The summed E-state index contributed by atoms with van der Waals surface area (Å²) in [5.41, 5.74) is -1.32. The lowest BCUT2D eigenvalue weighted by Crippen LogP contribution is -2.36. The topological polar surface area (TPSA) is 78.9 Å². The molecule has 0 aromatic heterocycles. The predicted molar refractivity (Wildman–Crippen MR) is 49.6 cm³/mol. The second kappa shape index (κ2) is 3.52. The average molecular weight is 240 g/mol. The van der Waals surface area contributed by atoms with Crippen molar-refractivity contribution in [2.24, 2.45) is 0 Å². The van der Waals surface area contributed by atoms with Gasteiger partial charge in [0.25, 0.3) is 15.6 Å². The lowest BCUT2D eigenvalue weighted by molar-refractivity contribution is 0.127. The molecule has 1 unspecified atom stereocenters. The number of carbonyl (C=O) groups excluding carboxylic acids is 1. The van der Waals surface area contributed by atoms with E-state index in [1.807, 2.05) is 0 Å². The predicted octanol–water partition coefficient (Wildman–Crippen LogP) is 0.661. The fraction of sp³-hybridized carbons (Fsp3) is 0.833. The van der Waals surface area contributed by atoms with Gasteiger partial charge in [0.15, 0.2) is 0 Å². The van der Waals surface area contributed by atoms with E-state index in [1.54, 1.807) is 19.6 Å². The van der Waals surface area contributed by atoms with Crippen molar-refractivity contribution in [1.29, 1.82) is 0 Å². The van der Waals surface area contributed by atoms with Crippen molar-refractivity contribution >= 4 is 24.6 Å². The molecule has 0 radical (unpaired) electrons. The van der Waals surface area contributed by atoms with E-state index < -0.39 is 30.0 Å². The molecule has 1 atom stereocenters. The largest absolute Gasteiger partial charge is 0.509 e. The van der Waals surface area contributed by atoms with Crippen molar-refractivity contribution in [2.45, 2.75) is 25.1 Å². The van der Waals surface area contributed by atoms with Gasteiger partial charge in [0, 0.05) is 0 Å². The van der Waals surface area contributed by atoms with Crippen molar-refractivity contribution in [3.8, 4) is 0 Å². The smallest absolute Gasteiger partial charge is 0.429 e. The van der Waals surface area contributed by atoms with Crippen LogP contribution in [0.5, 0.6) is 0 Å². The molecule has 0 saturated carbocycles. The number of cyclic esters (lactones) is 2. The summed E-state index contributed by atoms with van der Waals surface area (Å²) in [5, 5.41) is 0. The van der Waals surface area contributed by atoms with Gasteiger partial charge in [-0.2, -0.15) is 8.42 Å². The molecule has 1 aliphatic heterocycles. The van der Waals surface area contributed by atoms with Crippen LogP contribution in [0.4, 0.5) is 4.79 Å². The third-order valence-electron chi connectivity index (χ3n) is 1.25. The number of ether oxygens (including phenoxy) is 2. The van der Waals surface area contributed by atoms with Crippen molar-refractivity contribution in [1.82, 2.24) is 0 Å². The minimum absolute atomic E-state index is 0.300. The highest BCUT2D eigenvalue weighted by Crippen LogP contribution is 2.18. The highest BCUT2D eigenvalue weighted by atomic mass is 32.2. The average Bonchev–Trinajstić information content (AvgIpc) is 2.29. The van der Waals surface area contributed by atoms with Gasteiger partial charge in [-0.1, -0.05) is 0 Å². The summed E-state index contributed by atoms with van der Waals surface area (Å²) in [7, 11) is -6.07. The van der Waals surface area contributed by atoms with Crippen molar-refractivity contribution < 1.29 is 26.6 Å². The summed E-state index contributed by atoms with van der Waals surface area (Å²) >= 11 is 0. The first-order valence-corrected chi connectivity index (χ1v) is 8.86. The van der Waals surface area contributed by atoms with E-state index in [0.29, 0.717) is 0 Å². The SMILES string of the molecule is C[Si](C)(C)OS(=O)(=O)C1COC(=O)O1. The van der Waals surface area contributed by atoms with Crippen LogP contribution in [0.15, 0.2) is 0 Å². The van der Waals surface area contributed by atoms with E-state index in [2.05, 4.69) is 9.47 Å². The van der Waals surface area contributed by atoms with E-state index in [-0.39, 0.29) is 6.61 Å². The number of rotatable bonds is 3. The Labute approximate surface area is 83.4 Å². The Bertz CT molecular complexity index is 329. The van der Waals surface area contributed by atoms with E-state index in [0.717, 1.165) is 0 Å². The van der Waals surface area contributed by atoms with Crippen LogP contribution >= 0.6 is 0 Å². The van der Waals surface area contributed by atoms with Gasteiger partial charge in [0.05, 0.1) is 0 Å². The normalized spacial score (nSPS) is 23.1. The van der Waals surface area contributed by atoms with Gasteiger partial charge in [-0.05, 0) is 19.6 Å². The summed E-state index contributed by atoms with van der Waals surface area (Å²) in [4.78, 5) is 10.5. The molecule has 0 aromatic carbocycles. The van der Waals surface area contributed by atoms with Crippen LogP contribution in [0.25, 0.3) is 0 Å². The van der Waals surface area contributed by atoms with E-state index in [9.17, 15) is 13.2 Å². The molecular weight excluding hydrogens is 228 g/mol. The summed E-state index contributed by atoms with van der Waals surface area (Å²) in [6.07, 6.45) is -0.974. The minimum atomic E-state index is -3.86. The number of carbonyl (C=O) groups is 1. The fourth-order valence-corrected chi connectivity index (χ4v) is 4.50. The minimum Gasteiger partial charge on any atom is -0.429 e. The molecular formula is C6H12O6SSi. The Kier molecular flexibility index (Phi) is 2.88. The molecule has 14 heavy (non-hydrogen) atoms. The first-order valence-electron chi connectivity index (χ1n) is 3.98. The zero-order valence-electron chi connectivity index (χ0n) is 8.14.